The Labute approximate surface area is 171 Å². The number of para-hydroxylation sites is 1. The maximum atomic E-state index is 12.8. The SMILES string of the molecule is CN(CCc1ccccc1OCCO)C(=O)[C@H](N)Cc1cccc2ccccc12. The number of amides is 1. The molecule has 5 heteroatoms. The lowest BCUT2D eigenvalue weighted by molar-refractivity contribution is -0.131. The number of hydrogen-bond donors (Lipinski definition) is 2. The van der Waals surface area contributed by atoms with Gasteiger partial charge in [-0.15, -0.1) is 0 Å². The van der Waals surface area contributed by atoms with Crippen LogP contribution in [-0.4, -0.2) is 48.8 Å². The van der Waals surface area contributed by atoms with E-state index < -0.39 is 6.04 Å². The Morgan fingerprint density at radius 2 is 1.72 bits per heavy atom. The number of ether oxygens (including phenoxy) is 1. The molecule has 29 heavy (non-hydrogen) atoms. The van der Waals surface area contributed by atoms with E-state index in [0.717, 1.165) is 27.6 Å². The maximum Gasteiger partial charge on any atom is 0.239 e. The van der Waals surface area contributed by atoms with Crippen molar-refractivity contribution in [2.24, 2.45) is 5.73 Å². The summed E-state index contributed by atoms with van der Waals surface area (Å²) >= 11 is 0. The fraction of sp³-hybridized carbons (Fsp3) is 0.292. The Morgan fingerprint density at radius 3 is 2.55 bits per heavy atom. The van der Waals surface area contributed by atoms with E-state index in [1.807, 2.05) is 48.5 Å². The van der Waals surface area contributed by atoms with Crippen molar-refractivity contribution in [1.82, 2.24) is 4.90 Å². The molecule has 1 atom stereocenters. The topological polar surface area (TPSA) is 75.8 Å². The number of aliphatic hydroxyl groups is 1. The number of carbonyl (C=O) groups is 1. The number of hydrogen-bond acceptors (Lipinski definition) is 4. The number of nitrogens with two attached hydrogens (primary N) is 1. The highest BCUT2D eigenvalue weighted by molar-refractivity contribution is 5.87. The molecule has 0 unspecified atom stereocenters. The molecule has 1 amide bonds. The minimum Gasteiger partial charge on any atom is -0.491 e. The van der Waals surface area contributed by atoms with Gasteiger partial charge in [-0.25, -0.2) is 0 Å². The van der Waals surface area contributed by atoms with Gasteiger partial charge in [-0.2, -0.15) is 0 Å². The molecule has 5 nitrogen and oxygen atoms in total. The van der Waals surface area contributed by atoms with Crippen molar-refractivity contribution < 1.29 is 14.6 Å². The van der Waals surface area contributed by atoms with Crippen LogP contribution < -0.4 is 10.5 Å². The summed E-state index contributed by atoms with van der Waals surface area (Å²) in [5.41, 5.74) is 8.35. The Morgan fingerprint density at radius 1 is 1.03 bits per heavy atom. The van der Waals surface area contributed by atoms with Gasteiger partial charge in [-0.1, -0.05) is 60.7 Å². The van der Waals surface area contributed by atoms with Gasteiger partial charge in [0.05, 0.1) is 12.6 Å². The number of rotatable bonds is 9. The van der Waals surface area contributed by atoms with E-state index in [2.05, 4.69) is 18.2 Å². The lowest BCUT2D eigenvalue weighted by atomic mass is 9.98. The van der Waals surface area contributed by atoms with E-state index in [0.29, 0.717) is 19.4 Å². The molecule has 3 aromatic rings. The van der Waals surface area contributed by atoms with Crippen molar-refractivity contribution in [1.29, 1.82) is 0 Å². The van der Waals surface area contributed by atoms with Gasteiger partial charge in [-0.05, 0) is 40.8 Å². The highest BCUT2D eigenvalue weighted by atomic mass is 16.5. The Kier molecular flexibility index (Phi) is 7.22. The molecule has 3 aromatic carbocycles. The van der Waals surface area contributed by atoms with E-state index in [-0.39, 0.29) is 19.1 Å². The van der Waals surface area contributed by atoms with Gasteiger partial charge in [-0.3, -0.25) is 4.79 Å². The summed E-state index contributed by atoms with van der Waals surface area (Å²) < 4.78 is 5.57. The summed E-state index contributed by atoms with van der Waals surface area (Å²) in [6.07, 6.45) is 1.16. The molecule has 0 fully saturated rings. The smallest absolute Gasteiger partial charge is 0.239 e. The molecule has 0 aliphatic heterocycles. The molecule has 0 radical (unpaired) electrons. The van der Waals surface area contributed by atoms with Gasteiger partial charge in [0, 0.05) is 13.6 Å². The van der Waals surface area contributed by atoms with Gasteiger partial charge < -0.3 is 20.5 Å². The third-order valence-corrected chi connectivity index (χ3v) is 5.05. The van der Waals surface area contributed by atoms with Crippen molar-refractivity contribution >= 4 is 16.7 Å². The van der Waals surface area contributed by atoms with Crippen LogP contribution >= 0.6 is 0 Å². The van der Waals surface area contributed by atoms with Crippen LogP contribution in [0, 0.1) is 0 Å². The van der Waals surface area contributed by atoms with Crippen LogP contribution in [-0.2, 0) is 17.6 Å². The van der Waals surface area contributed by atoms with Gasteiger partial charge in [0.2, 0.25) is 5.91 Å². The third-order valence-electron chi connectivity index (χ3n) is 5.05. The highest BCUT2D eigenvalue weighted by Crippen LogP contribution is 2.21. The van der Waals surface area contributed by atoms with E-state index in [1.165, 1.54) is 0 Å². The molecular formula is C24H28N2O3. The van der Waals surface area contributed by atoms with Gasteiger partial charge in [0.1, 0.15) is 12.4 Å². The summed E-state index contributed by atoms with van der Waals surface area (Å²) in [5.74, 6) is 0.661. The second kappa shape index (κ2) is 10.0. The van der Waals surface area contributed by atoms with Crippen LogP contribution in [0.5, 0.6) is 5.75 Å². The fourth-order valence-corrected chi connectivity index (χ4v) is 3.48. The molecule has 0 aliphatic carbocycles. The maximum absolute atomic E-state index is 12.8. The zero-order chi connectivity index (χ0) is 20.6. The first-order valence-corrected chi connectivity index (χ1v) is 9.89. The van der Waals surface area contributed by atoms with Crippen LogP contribution in [0.3, 0.4) is 0 Å². The number of carbonyl (C=O) groups excluding carboxylic acids is 1. The molecule has 0 heterocycles. The molecular weight excluding hydrogens is 364 g/mol. The number of aliphatic hydroxyl groups excluding tert-OH is 1. The van der Waals surface area contributed by atoms with Crippen LogP contribution in [0.15, 0.2) is 66.7 Å². The molecule has 0 aliphatic rings. The van der Waals surface area contributed by atoms with E-state index in [9.17, 15) is 4.79 Å². The first-order valence-electron chi connectivity index (χ1n) is 9.89. The average molecular weight is 392 g/mol. The van der Waals surface area contributed by atoms with Crippen LogP contribution in [0.4, 0.5) is 0 Å². The number of nitrogens with zero attached hydrogens (tertiary/aromatic N) is 1. The van der Waals surface area contributed by atoms with Crippen molar-refractivity contribution in [2.75, 3.05) is 26.8 Å². The largest absolute Gasteiger partial charge is 0.491 e. The summed E-state index contributed by atoms with van der Waals surface area (Å²) in [6.45, 7) is 0.763. The van der Waals surface area contributed by atoms with Crippen LogP contribution in [0.25, 0.3) is 10.8 Å². The molecule has 3 rings (SSSR count). The normalized spacial score (nSPS) is 12.0. The number of fused-ring (bicyclic) bond motifs is 1. The lowest BCUT2D eigenvalue weighted by Crippen LogP contribution is -2.43. The fourth-order valence-electron chi connectivity index (χ4n) is 3.48. The standard InChI is InChI=1S/C24H28N2O3/c1-26(14-13-19-8-3-5-12-23(19)29-16-15-27)24(28)22(25)17-20-10-6-9-18-7-2-4-11-21(18)20/h2-12,22,27H,13-17,25H2,1H3/t22-/m1/s1. The van der Waals surface area contributed by atoms with Gasteiger partial charge in [0.15, 0.2) is 0 Å². The zero-order valence-electron chi connectivity index (χ0n) is 16.8. The van der Waals surface area contributed by atoms with Crippen LogP contribution in [0.1, 0.15) is 11.1 Å². The second-order valence-electron chi connectivity index (χ2n) is 7.14. The zero-order valence-corrected chi connectivity index (χ0v) is 16.8. The molecule has 0 bridgehead atoms. The molecule has 0 aromatic heterocycles. The van der Waals surface area contributed by atoms with Crippen LogP contribution in [0.2, 0.25) is 0 Å². The van der Waals surface area contributed by atoms with E-state index in [1.54, 1.807) is 11.9 Å². The predicted molar refractivity (Wildman–Crippen MR) is 116 cm³/mol. The molecule has 152 valence electrons. The minimum absolute atomic E-state index is 0.0320. The highest BCUT2D eigenvalue weighted by Gasteiger charge is 2.19. The quantitative estimate of drug-likeness (QED) is 0.587. The van der Waals surface area contributed by atoms with Crippen molar-refractivity contribution in [3.63, 3.8) is 0 Å². The number of likely N-dealkylation sites (N-methyl/N-ethyl adjacent to an activating group) is 1. The van der Waals surface area contributed by atoms with Crippen molar-refractivity contribution in [3.05, 3.63) is 77.9 Å². The monoisotopic (exact) mass is 392 g/mol. The average Bonchev–Trinajstić information content (AvgIpc) is 2.76. The first kappa shape index (κ1) is 20.8. The Bertz CT molecular complexity index is 952. The van der Waals surface area contributed by atoms with Crippen molar-refractivity contribution in [2.45, 2.75) is 18.9 Å². The summed E-state index contributed by atoms with van der Waals surface area (Å²) in [7, 11) is 1.78. The summed E-state index contributed by atoms with van der Waals surface area (Å²) in [6, 6.07) is 21.3. The second-order valence-corrected chi connectivity index (χ2v) is 7.14. The van der Waals surface area contributed by atoms with Gasteiger partial charge >= 0.3 is 0 Å². The first-order chi connectivity index (χ1) is 14.1. The summed E-state index contributed by atoms with van der Waals surface area (Å²) in [4.78, 5) is 14.5. The molecule has 0 spiro atoms. The minimum atomic E-state index is -0.591. The third kappa shape index (κ3) is 5.34. The summed E-state index contributed by atoms with van der Waals surface area (Å²) in [5, 5.41) is 11.3. The molecule has 0 saturated carbocycles. The van der Waals surface area contributed by atoms with Crippen molar-refractivity contribution in [3.8, 4) is 5.75 Å². The van der Waals surface area contributed by atoms with E-state index in [4.69, 9.17) is 15.6 Å². The lowest BCUT2D eigenvalue weighted by Gasteiger charge is -2.22. The molecule has 0 saturated heterocycles. The number of benzene rings is 3. The predicted octanol–water partition coefficient (Wildman–Crippen LogP) is 2.78. The molecule has 3 N–H and O–H groups in total. The van der Waals surface area contributed by atoms with E-state index >= 15 is 0 Å². The van der Waals surface area contributed by atoms with Gasteiger partial charge in [0.25, 0.3) is 0 Å². The Balaban J connectivity index is 1.61. The Hall–Kier alpha value is -2.89.